The van der Waals surface area contributed by atoms with Crippen LogP contribution in [0.4, 0.5) is 5.69 Å². The highest BCUT2D eigenvalue weighted by Gasteiger charge is 2.22. The van der Waals surface area contributed by atoms with Crippen molar-refractivity contribution < 1.29 is 22.7 Å². The third-order valence-corrected chi connectivity index (χ3v) is 7.66. The van der Waals surface area contributed by atoms with Crippen LogP contribution >= 0.6 is 11.8 Å². The SMILES string of the molecule is CCN(CC)S(=O)(=O)c1ccc(NC(=O)[C@H](C)Sc2ccc(OC)c(OC)c2)cc1. The molecule has 0 bridgehead atoms. The largest absolute Gasteiger partial charge is 0.493 e. The van der Waals surface area contributed by atoms with Crippen LogP contribution in [0.2, 0.25) is 0 Å². The molecule has 2 aromatic carbocycles. The van der Waals surface area contributed by atoms with Crippen LogP contribution in [0.3, 0.4) is 0 Å². The number of benzene rings is 2. The number of ether oxygens (including phenoxy) is 2. The fourth-order valence-electron chi connectivity index (χ4n) is 2.81. The molecule has 1 amide bonds. The first-order chi connectivity index (χ1) is 14.3. The number of methoxy groups -OCH3 is 2. The second-order valence-electron chi connectivity index (χ2n) is 6.38. The summed E-state index contributed by atoms with van der Waals surface area (Å²) < 4.78 is 37.0. The molecule has 2 aromatic rings. The van der Waals surface area contributed by atoms with Crippen molar-refractivity contribution in [3.63, 3.8) is 0 Å². The normalized spacial score (nSPS) is 12.5. The summed E-state index contributed by atoms with van der Waals surface area (Å²) in [6.07, 6.45) is 0. The second-order valence-corrected chi connectivity index (χ2v) is 9.73. The number of amides is 1. The Labute approximate surface area is 182 Å². The maximum atomic E-state index is 12.6. The van der Waals surface area contributed by atoms with E-state index in [4.69, 9.17) is 9.47 Å². The molecule has 0 unspecified atom stereocenters. The van der Waals surface area contributed by atoms with Crippen molar-refractivity contribution in [3.8, 4) is 11.5 Å². The molecule has 0 radical (unpaired) electrons. The van der Waals surface area contributed by atoms with E-state index in [1.54, 1.807) is 53.2 Å². The molecular formula is C21H28N2O5S2. The van der Waals surface area contributed by atoms with Gasteiger partial charge in [0.05, 0.1) is 24.4 Å². The molecule has 1 N–H and O–H groups in total. The fourth-order valence-corrected chi connectivity index (χ4v) is 5.17. The van der Waals surface area contributed by atoms with Crippen molar-refractivity contribution in [2.45, 2.75) is 35.8 Å². The molecule has 7 nitrogen and oxygen atoms in total. The van der Waals surface area contributed by atoms with Gasteiger partial charge in [0.2, 0.25) is 15.9 Å². The summed E-state index contributed by atoms with van der Waals surface area (Å²) in [5.74, 6) is 1.04. The van der Waals surface area contributed by atoms with E-state index in [-0.39, 0.29) is 16.1 Å². The molecule has 0 aromatic heterocycles. The highest BCUT2D eigenvalue weighted by atomic mass is 32.2. The van der Waals surface area contributed by atoms with E-state index in [0.717, 1.165) is 4.90 Å². The lowest BCUT2D eigenvalue weighted by molar-refractivity contribution is -0.115. The first kappa shape index (κ1) is 24.0. The Kier molecular flexibility index (Phi) is 8.57. The summed E-state index contributed by atoms with van der Waals surface area (Å²) in [6.45, 7) is 6.21. The van der Waals surface area contributed by atoms with Gasteiger partial charge in [-0.2, -0.15) is 4.31 Å². The Morgan fingerprint density at radius 2 is 1.63 bits per heavy atom. The Morgan fingerprint density at radius 1 is 1.03 bits per heavy atom. The summed E-state index contributed by atoms with van der Waals surface area (Å²) in [4.78, 5) is 13.6. The van der Waals surface area contributed by atoms with E-state index >= 15 is 0 Å². The number of hydrogen-bond acceptors (Lipinski definition) is 6. The lowest BCUT2D eigenvalue weighted by Gasteiger charge is -2.18. The van der Waals surface area contributed by atoms with E-state index < -0.39 is 10.0 Å². The zero-order chi connectivity index (χ0) is 22.3. The molecule has 0 aliphatic carbocycles. The average Bonchev–Trinajstić information content (AvgIpc) is 2.74. The number of rotatable bonds is 10. The van der Waals surface area contributed by atoms with Crippen LogP contribution in [0.15, 0.2) is 52.3 Å². The number of anilines is 1. The van der Waals surface area contributed by atoms with Crippen LogP contribution in [0.5, 0.6) is 11.5 Å². The van der Waals surface area contributed by atoms with E-state index in [1.807, 2.05) is 12.1 Å². The maximum absolute atomic E-state index is 12.6. The number of nitrogens with zero attached hydrogens (tertiary/aromatic N) is 1. The second kappa shape index (κ2) is 10.7. The van der Waals surface area contributed by atoms with Crippen LogP contribution in [-0.2, 0) is 14.8 Å². The molecular weight excluding hydrogens is 424 g/mol. The standard InChI is InChI=1S/C21H28N2O5S2/c1-6-23(7-2)30(25,26)18-11-8-16(9-12-18)22-21(24)15(3)29-17-10-13-19(27-4)20(14-17)28-5/h8-15H,6-7H2,1-5H3,(H,22,24)/t15-/m0/s1. The third-order valence-electron chi connectivity index (χ3n) is 4.50. The molecule has 0 saturated carbocycles. The molecule has 9 heteroatoms. The number of sulfonamides is 1. The first-order valence-corrected chi connectivity index (χ1v) is 11.9. The van der Waals surface area contributed by atoms with Crippen molar-refractivity contribution in [1.29, 1.82) is 0 Å². The smallest absolute Gasteiger partial charge is 0.243 e. The lowest BCUT2D eigenvalue weighted by atomic mass is 10.3. The lowest BCUT2D eigenvalue weighted by Crippen LogP contribution is -2.30. The van der Waals surface area contributed by atoms with Crippen LogP contribution < -0.4 is 14.8 Å². The zero-order valence-electron chi connectivity index (χ0n) is 17.8. The van der Waals surface area contributed by atoms with Gasteiger partial charge in [-0.3, -0.25) is 4.79 Å². The van der Waals surface area contributed by atoms with Gasteiger partial charge < -0.3 is 14.8 Å². The van der Waals surface area contributed by atoms with E-state index in [1.165, 1.54) is 28.2 Å². The third kappa shape index (κ3) is 5.68. The molecule has 0 fully saturated rings. The van der Waals surface area contributed by atoms with Gasteiger partial charge >= 0.3 is 0 Å². The fraction of sp³-hybridized carbons (Fsp3) is 0.381. The molecule has 0 heterocycles. The topological polar surface area (TPSA) is 84.9 Å². The van der Waals surface area contributed by atoms with Gasteiger partial charge in [-0.1, -0.05) is 13.8 Å². The first-order valence-electron chi connectivity index (χ1n) is 9.56. The minimum atomic E-state index is -3.52. The summed E-state index contributed by atoms with van der Waals surface area (Å²) in [7, 11) is -0.391. The molecule has 30 heavy (non-hydrogen) atoms. The van der Waals surface area contributed by atoms with Gasteiger partial charge in [0.25, 0.3) is 0 Å². The van der Waals surface area contributed by atoms with Crippen molar-refractivity contribution in [1.82, 2.24) is 4.31 Å². The number of hydrogen-bond donors (Lipinski definition) is 1. The summed E-state index contributed by atoms with van der Waals surface area (Å²) >= 11 is 1.39. The van der Waals surface area contributed by atoms with E-state index in [0.29, 0.717) is 30.3 Å². The molecule has 2 rings (SSSR count). The maximum Gasteiger partial charge on any atom is 0.243 e. The van der Waals surface area contributed by atoms with Gasteiger partial charge in [0, 0.05) is 23.7 Å². The monoisotopic (exact) mass is 452 g/mol. The van der Waals surface area contributed by atoms with Crippen molar-refractivity contribution in [2.24, 2.45) is 0 Å². The Balaban J connectivity index is 2.05. The van der Waals surface area contributed by atoms with E-state index in [2.05, 4.69) is 5.32 Å². The van der Waals surface area contributed by atoms with E-state index in [9.17, 15) is 13.2 Å². The summed E-state index contributed by atoms with van der Waals surface area (Å²) in [6, 6.07) is 11.7. The zero-order valence-corrected chi connectivity index (χ0v) is 19.5. The minimum absolute atomic E-state index is 0.186. The van der Waals surface area contributed by atoms with Crippen LogP contribution in [0, 0.1) is 0 Å². The van der Waals surface area contributed by atoms with Crippen molar-refractivity contribution >= 4 is 33.4 Å². The molecule has 0 spiro atoms. The van der Waals surface area contributed by atoms with Gasteiger partial charge in [0.1, 0.15) is 0 Å². The van der Waals surface area contributed by atoms with Gasteiger partial charge in [-0.25, -0.2) is 8.42 Å². The summed E-state index contributed by atoms with van der Waals surface area (Å²) in [5.41, 5.74) is 0.540. The van der Waals surface area contributed by atoms with Crippen molar-refractivity contribution in [3.05, 3.63) is 42.5 Å². The number of carbonyl (C=O) groups is 1. The van der Waals surface area contributed by atoms with Crippen LogP contribution in [0.25, 0.3) is 0 Å². The molecule has 1 atom stereocenters. The number of carbonyl (C=O) groups excluding carboxylic acids is 1. The Morgan fingerprint density at radius 3 is 2.17 bits per heavy atom. The molecule has 0 aliphatic heterocycles. The molecule has 164 valence electrons. The predicted octanol–water partition coefficient (Wildman–Crippen LogP) is 3.85. The summed E-state index contributed by atoms with van der Waals surface area (Å²) in [5, 5.41) is 2.45. The van der Waals surface area contributed by atoms with Gasteiger partial charge in [-0.15, -0.1) is 11.8 Å². The number of thioether (sulfide) groups is 1. The molecule has 0 aliphatic rings. The van der Waals surface area contributed by atoms with Crippen LogP contribution in [-0.4, -0.2) is 51.2 Å². The van der Waals surface area contributed by atoms with Crippen molar-refractivity contribution in [2.75, 3.05) is 32.6 Å². The highest BCUT2D eigenvalue weighted by molar-refractivity contribution is 8.00. The Hall–Kier alpha value is -2.23. The average molecular weight is 453 g/mol. The van der Waals surface area contributed by atoms with Gasteiger partial charge in [-0.05, 0) is 49.4 Å². The van der Waals surface area contributed by atoms with Crippen LogP contribution in [0.1, 0.15) is 20.8 Å². The van der Waals surface area contributed by atoms with Gasteiger partial charge in [0.15, 0.2) is 11.5 Å². The predicted molar refractivity (Wildman–Crippen MR) is 120 cm³/mol. The molecule has 0 saturated heterocycles. The number of nitrogens with one attached hydrogen (secondary N) is 1. The Bertz CT molecular complexity index is 958. The quantitative estimate of drug-likeness (QED) is 0.551. The minimum Gasteiger partial charge on any atom is -0.493 e. The highest BCUT2D eigenvalue weighted by Crippen LogP contribution is 2.33.